The minimum Gasteiger partial charge on any atom is -0.465 e. The maximum atomic E-state index is 12.8. The molecule has 10 heteroatoms. The SMILES string of the molecule is CCN1C(=O)CC(C(=O)Nc2ccc(C(=O)OC)cc2)SC1=Nc1ccc(C(=O)OC)cc1. The van der Waals surface area contributed by atoms with Crippen LogP contribution in [0.3, 0.4) is 0 Å². The average molecular weight is 470 g/mol. The van der Waals surface area contributed by atoms with Crippen LogP contribution in [0.15, 0.2) is 53.5 Å². The molecule has 1 N–H and O–H groups in total. The predicted molar refractivity (Wildman–Crippen MR) is 125 cm³/mol. The van der Waals surface area contributed by atoms with Crippen LogP contribution in [0.2, 0.25) is 0 Å². The van der Waals surface area contributed by atoms with Crippen molar-refractivity contribution in [3.05, 3.63) is 59.7 Å². The Labute approximate surface area is 195 Å². The molecule has 2 aromatic carbocycles. The molecule has 1 atom stereocenters. The number of nitrogens with one attached hydrogen (secondary N) is 1. The lowest BCUT2D eigenvalue weighted by Crippen LogP contribution is -2.45. The number of methoxy groups -OCH3 is 2. The standard InChI is InChI=1S/C23H23N3O6S/c1-4-26-19(27)13-18(20(28)24-16-9-5-14(6-10-16)21(29)31-2)33-23(26)25-17-11-7-15(8-12-17)22(30)32-3/h5-12,18H,4,13H2,1-3H3,(H,24,28). The highest BCUT2D eigenvalue weighted by Gasteiger charge is 2.35. The van der Waals surface area contributed by atoms with Crippen molar-refractivity contribution < 1.29 is 28.7 Å². The number of ether oxygens (including phenoxy) is 2. The Bertz CT molecular complexity index is 1080. The number of anilines is 1. The third-order valence-electron chi connectivity index (χ3n) is 4.83. The van der Waals surface area contributed by atoms with Crippen molar-refractivity contribution in [2.75, 3.05) is 26.1 Å². The Hall–Kier alpha value is -3.66. The van der Waals surface area contributed by atoms with Crippen molar-refractivity contribution in [3.8, 4) is 0 Å². The maximum absolute atomic E-state index is 12.8. The molecular weight excluding hydrogens is 446 g/mol. The van der Waals surface area contributed by atoms with E-state index in [1.54, 1.807) is 48.5 Å². The largest absolute Gasteiger partial charge is 0.465 e. The summed E-state index contributed by atoms with van der Waals surface area (Å²) in [5.74, 6) is -1.48. The van der Waals surface area contributed by atoms with E-state index in [0.29, 0.717) is 34.2 Å². The Kier molecular flexibility index (Phi) is 7.83. The molecule has 172 valence electrons. The van der Waals surface area contributed by atoms with Gasteiger partial charge in [-0.3, -0.25) is 14.5 Å². The van der Waals surface area contributed by atoms with E-state index in [1.807, 2.05) is 6.92 Å². The molecule has 0 radical (unpaired) electrons. The summed E-state index contributed by atoms with van der Waals surface area (Å²) in [7, 11) is 2.60. The molecule has 1 fully saturated rings. The van der Waals surface area contributed by atoms with Gasteiger partial charge in [0, 0.05) is 18.7 Å². The molecule has 9 nitrogen and oxygen atoms in total. The second kappa shape index (κ2) is 10.8. The van der Waals surface area contributed by atoms with Crippen LogP contribution in [-0.4, -0.2) is 59.8 Å². The van der Waals surface area contributed by atoms with Crippen LogP contribution >= 0.6 is 11.8 Å². The summed E-state index contributed by atoms with van der Waals surface area (Å²) in [6, 6.07) is 12.7. The summed E-state index contributed by atoms with van der Waals surface area (Å²) in [6.07, 6.45) is 0.0326. The van der Waals surface area contributed by atoms with Crippen LogP contribution in [0.5, 0.6) is 0 Å². The number of benzene rings is 2. The summed E-state index contributed by atoms with van der Waals surface area (Å²) in [5.41, 5.74) is 1.78. The number of nitrogens with zero attached hydrogens (tertiary/aromatic N) is 2. The zero-order chi connectivity index (χ0) is 24.0. The van der Waals surface area contributed by atoms with Gasteiger partial charge in [0.25, 0.3) is 0 Å². The van der Waals surface area contributed by atoms with Gasteiger partial charge in [0.15, 0.2) is 5.17 Å². The second-order valence-electron chi connectivity index (χ2n) is 6.94. The number of carbonyl (C=O) groups excluding carboxylic acids is 4. The van der Waals surface area contributed by atoms with Gasteiger partial charge >= 0.3 is 11.9 Å². The van der Waals surface area contributed by atoms with Gasteiger partial charge < -0.3 is 14.8 Å². The first-order chi connectivity index (χ1) is 15.9. The minimum absolute atomic E-state index is 0.0326. The fourth-order valence-corrected chi connectivity index (χ4v) is 4.25. The number of esters is 2. The molecule has 1 unspecified atom stereocenters. The minimum atomic E-state index is -0.673. The molecule has 0 aliphatic carbocycles. The van der Waals surface area contributed by atoms with Gasteiger partial charge in [0.2, 0.25) is 11.8 Å². The summed E-state index contributed by atoms with van der Waals surface area (Å²) in [5, 5.41) is 2.50. The van der Waals surface area contributed by atoms with E-state index in [1.165, 1.54) is 30.9 Å². The number of carbonyl (C=O) groups is 4. The topological polar surface area (TPSA) is 114 Å². The maximum Gasteiger partial charge on any atom is 0.337 e. The van der Waals surface area contributed by atoms with E-state index in [9.17, 15) is 19.2 Å². The van der Waals surface area contributed by atoms with Crippen LogP contribution in [0, 0.1) is 0 Å². The van der Waals surface area contributed by atoms with E-state index < -0.39 is 17.2 Å². The number of amidine groups is 1. The van der Waals surface area contributed by atoms with E-state index in [4.69, 9.17) is 0 Å². The molecule has 33 heavy (non-hydrogen) atoms. The van der Waals surface area contributed by atoms with Gasteiger partial charge in [0.1, 0.15) is 5.25 Å². The van der Waals surface area contributed by atoms with Gasteiger partial charge in [-0.2, -0.15) is 0 Å². The third-order valence-corrected chi connectivity index (χ3v) is 6.02. The average Bonchev–Trinajstić information content (AvgIpc) is 2.83. The number of thioether (sulfide) groups is 1. The smallest absolute Gasteiger partial charge is 0.337 e. The molecule has 0 aromatic heterocycles. The van der Waals surface area contributed by atoms with Crippen LogP contribution in [0.1, 0.15) is 34.1 Å². The fraction of sp³-hybridized carbons (Fsp3) is 0.261. The van der Waals surface area contributed by atoms with Crippen molar-refractivity contribution in [3.63, 3.8) is 0 Å². The molecule has 2 aromatic rings. The lowest BCUT2D eigenvalue weighted by atomic mass is 10.2. The molecule has 0 saturated carbocycles. The molecule has 1 aliphatic heterocycles. The first kappa shape index (κ1) is 24.0. The number of rotatable bonds is 6. The van der Waals surface area contributed by atoms with E-state index >= 15 is 0 Å². The Morgan fingerprint density at radius 3 is 2.06 bits per heavy atom. The molecule has 2 amide bonds. The highest BCUT2D eigenvalue weighted by molar-refractivity contribution is 8.15. The van der Waals surface area contributed by atoms with E-state index in [2.05, 4.69) is 19.8 Å². The normalized spacial score (nSPS) is 16.9. The molecular formula is C23H23N3O6S. The van der Waals surface area contributed by atoms with Gasteiger partial charge in [-0.25, -0.2) is 14.6 Å². The number of hydrogen-bond donors (Lipinski definition) is 1. The second-order valence-corrected chi connectivity index (χ2v) is 8.11. The van der Waals surface area contributed by atoms with Crippen molar-refractivity contribution >= 4 is 52.1 Å². The highest BCUT2D eigenvalue weighted by atomic mass is 32.2. The zero-order valence-corrected chi connectivity index (χ0v) is 19.2. The molecule has 3 rings (SSSR count). The predicted octanol–water partition coefficient (Wildman–Crippen LogP) is 3.24. The van der Waals surface area contributed by atoms with Crippen LogP contribution in [-0.2, 0) is 19.1 Å². The van der Waals surface area contributed by atoms with E-state index in [0.717, 1.165) is 0 Å². The molecule has 1 aliphatic rings. The molecule has 1 heterocycles. The first-order valence-corrected chi connectivity index (χ1v) is 11.0. The Balaban J connectivity index is 1.75. The summed E-state index contributed by atoms with van der Waals surface area (Å²) < 4.78 is 9.35. The number of aliphatic imine (C=N–C) groups is 1. The Morgan fingerprint density at radius 2 is 1.55 bits per heavy atom. The monoisotopic (exact) mass is 469 g/mol. The van der Waals surface area contributed by atoms with Gasteiger partial charge in [-0.05, 0) is 55.5 Å². The Morgan fingerprint density at radius 1 is 1.00 bits per heavy atom. The number of amides is 2. The van der Waals surface area contributed by atoms with Crippen molar-refractivity contribution in [1.29, 1.82) is 0 Å². The van der Waals surface area contributed by atoms with Crippen LogP contribution in [0.4, 0.5) is 11.4 Å². The quantitative estimate of drug-likeness (QED) is 0.646. The van der Waals surface area contributed by atoms with Gasteiger partial charge in [0.05, 0.1) is 31.0 Å². The van der Waals surface area contributed by atoms with Crippen LogP contribution < -0.4 is 5.32 Å². The molecule has 0 spiro atoms. The van der Waals surface area contributed by atoms with Crippen molar-refractivity contribution in [1.82, 2.24) is 4.90 Å². The first-order valence-electron chi connectivity index (χ1n) is 10.1. The molecule has 0 bridgehead atoms. The van der Waals surface area contributed by atoms with Crippen molar-refractivity contribution in [2.24, 2.45) is 4.99 Å². The molecule has 1 saturated heterocycles. The summed E-state index contributed by atoms with van der Waals surface area (Å²) in [4.78, 5) is 54.7. The highest BCUT2D eigenvalue weighted by Crippen LogP contribution is 2.30. The lowest BCUT2D eigenvalue weighted by molar-refractivity contribution is -0.129. The van der Waals surface area contributed by atoms with Crippen LogP contribution in [0.25, 0.3) is 0 Å². The third kappa shape index (κ3) is 5.78. The fourth-order valence-electron chi connectivity index (χ4n) is 3.08. The summed E-state index contributed by atoms with van der Waals surface area (Å²) >= 11 is 1.19. The van der Waals surface area contributed by atoms with E-state index in [-0.39, 0.29) is 18.2 Å². The lowest BCUT2D eigenvalue weighted by Gasteiger charge is -2.30. The number of hydrogen-bond acceptors (Lipinski definition) is 8. The zero-order valence-electron chi connectivity index (χ0n) is 18.4. The summed E-state index contributed by atoms with van der Waals surface area (Å²) in [6.45, 7) is 2.24. The van der Waals surface area contributed by atoms with Gasteiger partial charge in [-0.1, -0.05) is 11.8 Å². The van der Waals surface area contributed by atoms with Gasteiger partial charge in [-0.15, -0.1) is 0 Å². The van der Waals surface area contributed by atoms with Crippen molar-refractivity contribution in [2.45, 2.75) is 18.6 Å².